The predicted molar refractivity (Wildman–Crippen MR) is 105 cm³/mol. The summed E-state index contributed by atoms with van der Waals surface area (Å²) in [6.45, 7) is 7.18. The molecule has 0 aliphatic heterocycles. The van der Waals surface area contributed by atoms with E-state index >= 15 is 0 Å². The van der Waals surface area contributed by atoms with Gasteiger partial charge >= 0.3 is 0 Å². The van der Waals surface area contributed by atoms with Crippen molar-refractivity contribution in [3.8, 4) is 0 Å². The van der Waals surface area contributed by atoms with Crippen molar-refractivity contribution >= 4 is 27.9 Å². The van der Waals surface area contributed by atoms with Crippen molar-refractivity contribution in [3.63, 3.8) is 0 Å². The molecule has 0 unspecified atom stereocenters. The summed E-state index contributed by atoms with van der Waals surface area (Å²) in [5.41, 5.74) is 3.14. The van der Waals surface area contributed by atoms with Crippen LogP contribution in [0.1, 0.15) is 35.5 Å². The fourth-order valence-corrected chi connectivity index (χ4v) is 3.30. The van der Waals surface area contributed by atoms with E-state index in [-0.39, 0.29) is 11.5 Å². The summed E-state index contributed by atoms with van der Waals surface area (Å²) in [7, 11) is 0. The molecule has 2 aromatic heterocycles. The Balaban J connectivity index is 1.69. The van der Waals surface area contributed by atoms with E-state index < -0.39 is 0 Å². The number of aromatic nitrogens is 2. The molecule has 0 aliphatic carbocycles. The number of benzene rings is 1. The first-order valence-corrected chi connectivity index (χ1v) is 9.40. The molecule has 26 heavy (non-hydrogen) atoms. The Kier molecular flexibility index (Phi) is 5.37. The molecule has 3 aromatic rings. The second-order valence-corrected chi connectivity index (χ2v) is 7.50. The van der Waals surface area contributed by atoms with Gasteiger partial charge in [-0.2, -0.15) is 0 Å². The molecule has 1 amide bonds. The predicted octanol–water partition coefficient (Wildman–Crippen LogP) is 3.06. The molecule has 0 saturated carbocycles. The minimum atomic E-state index is -0.0815. The molecule has 6 nitrogen and oxygen atoms in total. The van der Waals surface area contributed by atoms with E-state index in [9.17, 15) is 9.59 Å². The van der Waals surface area contributed by atoms with Crippen molar-refractivity contribution in [2.24, 2.45) is 5.92 Å². The third-order valence-electron chi connectivity index (χ3n) is 3.98. The lowest BCUT2D eigenvalue weighted by Gasteiger charge is -2.12. The van der Waals surface area contributed by atoms with Gasteiger partial charge in [-0.3, -0.25) is 14.0 Å². The van der Waals surface area contributed by atoms with E-state index in [2.05, 4.69) is 29.5 Å². The summed E-state index contributed by atoms with van der Waals surface area (Å²) in [4.78, 5) is 29.3. The Bertz CT molecular complexity index is 991. The third kappa shape index (κ3) is 4.11. The monoisotopic (exact) mass is 370 g/mol. The number of carbonyl (C=O) groups excluding carboxylic acids is 1. The van der Waals surface area contributed by atoms with Crippen molar-refractivity contribution in [1.29, 1.82) is 0 Å². The van der Waals surface area contributed by atoms with Crippen LogP contribution in [0.15, 0.2) is 40.6 Å². The summed E-state index contributed by atoms with van der Waals surface area (Å²) in [6, 6.07) is 7.09. The Morgan fingerprint density at radius 1 is 1.31 bits per heavy atom. The molecule has 0 spiro atoms. The summed E-state index contributed by atoms with van der Waals surface area (Å²) in [6.07, 6.45) is 1.72. The van der Waals surface area contributed by atoms with Gasteiger partial charge in [0.05, 0.1) is 12.2 Å². The van der Waals surface area contributed by atoms with Gasteiger partial charge in [0.2, 0.25) is 0 Å². The molecule has 7 heteroatoms. The van der Waals surface area contributed by atoms with E-state index in [1.807, 2.05) is 24.4 Å². The minimum absolute atomic E-state index is 0.0637. The van der Waals surface area contributed by atoms with Crippen molar-refractivity contribution < 1.29 is 4.79 Å². The highest BCUT2D eigenvalue weighted by Gasteiger charge is 2.09. The number of anilines is 1. The van der Waals surface area contributed by atoms with Gasteiger partial charge in [-0.25, -0.2) is 4.98 Å². The summed E-state index contributed by atoms with van der Waals surface area (Å²) < 4.78 is 1.53. The highest BCUT2D eigenvalue weighted by atomic mass is 32.1. The van der Waals surface area contributed by atoms with Gasteiger partial charge in [-0.05, 0) is 36.6 Å². The molecule has 136 valence electrons. The van der Waals surface area contributed by atoms with Crippen LogP contribution in [0.2, 0.25) is 0 Å². The van der Waals surface area contributed by atoms with Crippen LogP contribution in [0, 0.1) is 12.8 Å². The molecule has 0 saturated heterocycles. The average molecular weight is 370 g/mol. The number of fused-ring (bicyclic) bond motifs is 1. The molecule has 0 aliphatic rings. The van der Waals surface area contributed by atoms with Gasteiger partial charge in [0, 0.05) is 35.4 Å². The van der Waals surface area contributed by atoms with Gasteiger partial charge in [0.1, 0.15) is 0 Å². The lowest BCUT2D eigenvalue weighted by molar-refractivity contribution is 0.0949. The van der Waals surface area contributed by atoms with Gasteiger partial charge in [-0.1, -0.05) is 13.8 Å². The van der Waals surface area contributed by atoms with Crippen molar-refractivity contribution in [2.75, 3.05) is 11.9 Å². The van der Waals surface area contributed by atoms with Crippen molar-refractivity contribution in [2.45, 2.75) is 27.3 Å². The normalized spacial score (nSPS) is 11.1. The number of nitrogens with one attached hydrogen (secondary N) is 2. The maximum atomic E-state index is 12.2. The van der Waals surface area contributed by atoms with Gasteiger partial charge in [0.25, 0.3) is 11.5 Å². The molecule has 2 heterocycles. The number of carbonyl (C=O) groups is 1. The zero-order valence-electron chi connectivity index (χ0n) is 15.1. The van der Waals surface area contributed by atoms with Crippen LogP contribution in [0.5, 0.6) is 0 Å². The van der Waals surface area contributed by atoms with Gasteiger partial charge in [0.15, 0.2) is 4.96 Å². The summed E-state index contributed by atoms with van der Waals surface area (Å²) in [5.74, 6) is 0.351. The van der Waals surface area contributed by atoms with E-state index in [0.29, 0.717) is 35.2 Å². The molecule has 0 atom stereocenters. The van der Waals surface area contributed by atoms with Crippen LogP contribution in [-0.2, 0) is 6.54 Å². The molecule has 3 rings (SSSR count). The number of aryl methyl sites for hydroxylation is 1. The number of hydrogen-bond acceptors (Lipinski definition) is 5. The van der Waals surface area contributed by atoms with Gasteiger partial charge in [-0.15, -0.1) is 11.3 Å². The van der Waals surface area contributed by atoms with Crippen LogP contribution in [0.3, 0.4) is 0 Å². The first kappa shape index (κ1) is 18.1. The molecular formula is C19H22N4O2S. The zero-order valence-corrected chi connectivity index (χ0v) is 15.9. The number of thiazole rings is 1. The number of nitrogens with zero attached hydrogens (tertiary/aromatic N) is 2. The number of rotatable bonds is 6. The molecule has 2 N–H and O–H groups in total. The van der Waals surface area contributed by atoms with Gasteiger partial charge < -0.3 is 10.6 Å². The summed E-state index contributed by atoms with van der Waals surface area (Å²) >= 11 is 1.43. The van der Waals surface area contributed by atoms with Crippen LogP contribution in [0.25, 0.3) is 4.96 Å². The van der Waals surface area contributed by atoms with E-state index in [1.54, 1.807) is 12.3 Å². The lowest BCUT2D eigenvalue weighted by atomic mass is 10.1. The van der Waals surface area contributed by atoms with Crippen LogP contribution in [0.4, 0.5) is 5.69 Å². The standard InChI is InChI=1S/C19H22N4O2S/c1-12(2)10-21-18(25)14-4-5-16(13(3)8-14)20-11-15-9-17(24)23-6-7-26-19(23)22-15/h4-9,12,20H,10-11H2,1-3H3,(H,21,25). The Morgan fingerprint density at radius 2 is 2.12 bits per heavy atom. The quantitative estimate of drug-likeness (QED) is 0.699. The van der Waals surface area contributed by atoms with Crippen molar-refractivity contribution in [3.05, 3.63) is 63.0 Å². The van der Waals surface area contributed by atoms with E-state index in [1.165, 1.54) is 21.8 Å². The highest BCUT2D eigenvalue weighted by Crippen LogP contribution is 2.17. The van der Waals surface area contributed by atoms with Crippen molar-refractivity contribution in [1.82, 2.24) is 14.7 Å². The zero-order chi connectivity index (χ0) is 18.7. The number of amides is 1. The highest BCUT2D eigenvalue weighted by molar-refractivity contribution is 7.15. The smallest absolute Gasteiger partial charge is 0.258 e. The molecule has 0 bridgehead atoms. The Hall–Kier alpha value is -2.67. The average Bonchev–Trinajstić information content (AvgIpc) is 3.07. The Morgan fingerprint density at radius 3 is 2.85 bits per heavy atom. The van der Waals surface area contributed by atoms with E-state index in [4.69, 9.17) is 0 Å². The third-order valence-corrected chi connectivity index (χ3v) is 4.73. The minimum Gasteiger partial charge on any atom is -0.379 e. The maximum Gasteiger partial charge on any atom is 0.258 e. The first-order valence-electron chi connectivity index (χ1n) is 8.52. The van der Waals surface area contributed by atoms with Crippen LogP contribution in [-0.4, -0.2) is 21.8 Å². The molecule has 0 fully saturated rings. The SMILES string of the molecule is Cc1cc(C(=O)NCC(C)C)ccc1NCc1cc(=O)n2ccsc2n1. The van der Waals surface area contributed by atoms with E-state index in [0.717, 1.165) is 11.3 Å². The lowest BCUT2D eigenvalue weighted by Crippen LogP contribution is -2.27. The first-order chi connectivity index (χ1) is 12.4. The topological polar surface area (TPSA) is 75.5 Å². The largest absolute Gasteiger partial charge is 0.379 e. The fourth-order valence-electron chi connectivity index (χ4n) is 2.57. The second-order valence-electron chi connectivity index (χ2n) is 6.63. The number of hydrogen-bond donors (Lipinski definition) is 2. The summed E-state index contributed by atoms with van der Waals surface area (Å²) in [5, 5.41) is 8.05. The molecule has 0 radical (unpaired) electrons. The Labute approximate surface area is 155 Å². The molecular weight excluding hydrogens is 348 g/mol. The molecule has 1 aromatic carbocycles. The van der Waals surface area contributed by atoms with Crippen LogP contribution < -0.4 is 16.2 Å². The maximum absolute atomic E-state index is 12.2. The van der Waals surface area contributed by atoms with Crippen LogP contribution >= 0.6 is 11.3 Å². The fraction of sp³-hybridized carbons (Fsp3) is 0.316. The second kappa shape index (κ2) is 7.70.